The van der Waals surface area contributed by atoms with Gasteiger partial charge in [0.25, 0.3) is 6.47 Å². The van der Waals surface area contributed by atoms with Crippen molar-refractivity contribution in [1.82, 2.24) is 10.2 Å². The predicted octanol–water partition coefficient (Wildman–Crippen LogP) is 2.83. The van der Waals surface area contributed by atoms with Gasteiger partial charge in [0.05, 0.1) is 18.1 Å². The quantitative estimate of drug-likeness (QED) is 0.682. The van der Waals surface area contributed by atoms with Gasteiger partial charge in [0, 0.05) is 44.4 Å². The molecule has 3 heterocycles. The lowest BCUT2D eigenvalue weighted by Gasteiger charge is -2.29. The van der Waals surface area contributed by atoms with Gasteiger partial charge in [0.1, 0.15) is 0 Å². The second-order valence-electron chi connectivity index (χ2n) is 8.21. The molecule has 0 aromatic heterocycles. The van der Waals surface area contributed by atoms with Gasteiger partial charge in [-0.25, -0.2) is 0 Å². The minimum atomic E-state index is -4.29. The highest BCUT2D eigenvalue weighted by Gasteiger charge is 2.62. The Morgan fingerprint density at radius 1 is 1.33 bits per heavy atom. The van der Waals surface area contributed by atoms with Crippen LogP contribution in [0.3, 0.4) is 0 Å². The Balaban J connectivity index is 0.000000806. The van der Waals surface area contributed by atoms with Crippen LogP contribution in [0.2, 0.25) is 0 Å². The molecule has 1 amide bonds. The van der Waals surface area contributed by atoms with Crippen molar-refractivity contribution in [2.24, 2.45) is 11.8 Å². The Bertz CT molecular complexity index is 731. The lowest BCUT2D eigenvalue weighted by molar-refractivity contribution is -0.144. The number of alkyl halides is 3. The first-order chi connectivity index (χ1) is 14.3. The monoisotopic (exact) mass is 428 g/mol. The number of hydrogen-bond donors (Lipinski definition) is 2. The molecule has 3 aliphatic rings. The Hall–Kier alpha value is -2.13. The number of rotatable bonds is 6. The van der Waals surface area contributed by atoms with Crippen molar-refractivity contribution in [1.29, 1.82) is 0 Å². The molecule has 1 aromatic rings. The standard InChI is InChI=1S/C20H25F3N2O2.CH2O2/c21-20(22,23)9-7-18(26)24-10-15-16-12-25(11-14-4-2-1-3-5-14)13-19(16)8-6-17(15)27-19;2-1-3/h1-5,15-17H,6-13H2,(H,24,26);1H,(H,2,3)/t15-,16+,17+,19+;/m0./s1. The zero-order valence-corrected chi connectivity index (χ0v) is 16.6. The van der Waals surface area contributed by atoms with E-state index in [-0.39, 0.29) is 24.1 Å². The molecular weight excluding hydrogens is 401 g/mol. The van der Waals surface area contributed by atoms with E-state index in [0.717, 1.165) is 32.5 Å². The van der Waals surface area contributed by atoms with Crippen molar-refractivity contribution >= 4 is 12.4 Å². The molecule has 0 saturated carbocycles. The van der Waals surface area contributed by atoms with Gasteiger partial charge < -0.3 is 15.2 Å². The predicted molar refractivity (Wildman–Crippen MR) is 103 cm³/mol. The maximum absolute atomic E-state index is 12.3. The molecule has 9 heteroatoms. The van der Waals surface area contributed by atoms with Crippen LogP contribution in [0, 0.1) is 11.8 Å². The zero-order valence-electron chi connectivity index (χ0n) is 16.6. The Morgan fingerprint density at radius 2 is 2.03 bits per heavy atom. The normalized spacial score (nSPS) is 29.8. The molecule has 30 heavy (non-hydrogen) atoms. The van der Waals surface area contributed by atoms with Crippen molar-refractivity contribution < 1.29 is 32.6 Å². The molecule has 6 nitrogen and oxygen atoms in total. The van der Waals surface area contributed by atoms with Crippen LogP contribution in [-0.4, -0.2) is 59.9 Å². The number of carbonyl (C=O) groups is 2. The lowest BCUT2D eigenvalue weighted by Crippen LogP contribution is -2.42. The molecule has 3 fully saturated rings. The van der Waals surface area contributed by atoms with Crippen LogP contribution in [0.5, 0.6) is 0 Å². The fraction of sp³-hybridized carbons (Fsp3) is 0.619. The molecule has 1 spiro atoms. The number of carbonyl (C=O) groups excluding carboxylic acids is 1. The third-order valence-corrected chi connectivity index (χ3v) is 6.27. The van der Waals surface area contributed by atoms with Crippen molar-refractivity contribution in [2.45, 2.75) is 50.1 Å². The summed E-state index contributed by atoms with van der Waals surface area (Å²) in [4.78, 5) is 22.6. The van der Waals surface area contributed by atoms with E-state index in [1.807, 2.05) is 18.2 Å². The van der Waals surface area contributed by atoms with Gasteiger partial charge >= 0.3 is 6.18 Å². The summed E-state index contributed by atoms with van der Waals surface area (Å²) in [5, 5.41) is 9.61. The summed E-state index contributed by atoms with van der Waals surface area (Å²) < 4.78 is 43.2. The zero-order chi connectivity index (χ0) is 21.8. The molecule has 4 rings (SSSR count). The number of carboxylic acid groups (broad SMARTS) is 1. The first kappa shape index (κ1) is 22.6. The van der Waals surface area contributed by atoms with E-state index >= 15 is 0 Å². The molecule has 2 bridgehead atoms. The molecule has 0 aliphatic carbocycles. The van der Waals surface area contributed by atoms with Crippen LogP contribution in [0.4, 0.5) is 13.2 Å². The fourth-order valence-corrected chi connectivity index (χ4v) is 5.10. The summed E-state index contributed by atoms with van der Waals surface area (Å²) in [6, 6.07) is 10.3. The van der Waals surface area contributed by atoms with Crippen LogP contribution in [0.1, 0.15) is 31.2 Å². The third-order valence-electron chi connectivity index (χ3n) is 6.27. The molecule has 1 aromatic carbocycles. The minimum Gasteiger partial charge on any atom is -0.483 e. The van der Waals surface area contributed by atoms with E-state index in [9.17, 15) is 18.0 Å². The number of nitrogens with one attached hydrogen (secondary N) is 1. The average Bonchev–Trinajstić information content (AvgIpc) is 3.33. The van der Waals surface area contributed by atoms with Gasteiger partial charge in [-0.1, -0.05) is 30.3 Å². The maximum atomic E-state index is 12.3. The van der Waals surface area contributed by atoms with Gasteiger partial charge in [-0.2, -0.15) is 13.2 Å². The number of likely N-dealkylation sites (tertiary alicyclic amines) is 1. The van der Waals surface area contributed by atoms with Crippen LogP contribution in [0.15, 0.2) is 30.3 Å². The SMILES string of the molecule is O=C(CCC(F)(F)F)NC[C@H]1[C@H]2CN(Cc3ccccc3)C[C@]23CC[C@H]1O3.O=CO. The largest absolute Gasteiger partial charge is 0.483 e. The average molecular weight is 428 g/mol. The molecule has 3 saturated heterocycles. The highest BCUT2D eigenvalue weighted by atomic mass is 19.4. The third kappa shape index (κ3) is 5.31. The Kier molecular flexibility index (Phi) is 7.02. The van der Waals surface area contributed by atoms with Gasteiger partial charge in [0.15, 0.2) is 0 Å². The lowest BCUT2D eigenvalue weighted by atomic mass is 9.73. The number of amides is 1. The fourth-order valence-electron chi connectivity index (χ4n) is 5.10. The van der Waals surface area contributed by atoms with E-state index in [2.05, 4.69) is 22.3 Å². The second kappa shape index (κ2) is 9.34. The molecule has 4 atom stereocenters. The van der Waals surface area contributed by atoms with Crippen molar-refractivity contribution in [3.8, 4) is 0 Å². The summed E-state index contributed by atoms with van der Waals surface area (Å²) in [6.45, 7) is 2.83. The number of nitrogens with zero attached hydrogens (tertiary/aromatic N) is 1. The number of ether oxygens (including phenoxy) is 1. The maximum Gasteiger partial charge on any atom is 0.389 e. The smallest absolute Gasteiger partial charge is 0.389 e. The van der Waals surface area contributed by atoms with E-state index in [4.69, 9.17) is 14.6 Å². The van der Waals surface area contributed by atoms with E-state index in [1.54, 1.807) is 0 Å². The molecule has 0 radical (unpaired) electrons. The summed E-state index contributed by atoms with van der Waals surface area (Å²) in [5.41, 5.74) is 1.13. The molecular formula is C21H27F3N2O4. The van der Waals surface area contributed by atoms with Crippen LogP contribution in [0.25, 0.3) is 0 Å². The van der Waals surface area contributed by atoms with Crippen LogP contribution in [-0.2, 0) is 20.9 Å². The Labute approximate surface area is 173 Å². The van der Waals surface area contributed by atoms with Gasteiger partial charge in [-0.3, -0.25) is 14.5 Å². The number of benzene rings is 1. The summed E-state index contributed by atoms with van der Waals surface area (Å²) in [7, 11) is 0. The van der Waals surface area contributed by atoms with E-state index in [1.165, 1.54) is 5.56 Å². The van der Waals surface area contributed by atoms with Gasteiger partial charge in [0.2, 0.25) is 5.91 Å². The topological polar surface area (TPSA) is 78.9 Å². The number of hydrogen-bond acceptors (Lipinski definition) is 4. The molecule has 2 N–H and O–H groups in total. The summed E-state index contributed by atoms with van der Waals surface area (Å²) in [5.74, 6) is 0.000487. The Morgan fingerprint density at radius 3 is 2.70 bits per heavy atom. The van der Waals surface area contributed by atoms with Crippen molar-refractivity contribution in [3.05, 3.63) is 35.9 Å². The van der Waals surface area contributed by atoms with Crippen molar-refractivity contribution in [3.63, 3.8) is 0 Å². The second-order valence-corrected chi connectivity index (χ2v) is 8.21. The number of halogens is 3. The first-order valence-corrected chi connectivity index (χ1v) is 10.1. The van der Waals surface area contributed by atoms with Crippen LogP contribution < -0.4 is 5.32 Å². The minimum absolute atomic E-state index is 0.122. The summed E-state index contributed by atoms with van der Waals surface area (Å²) >= 11 is 0. The molecule has 3 aliphatic heterocycles. The highest BCUT2D eigenvalue weighted by Crippen LogP contribution is 2.54. The molecule has 0 unspecified atom stereocenters. The van der Waals surface area contributed by atoms with E-state index < -0.39 is 24.9 Å². The van der Waals surface area contributed by atoms with Crippen molar-refractivity contribution in [2.75, 3.05) is 19.6 Å². The first-order valence-electron chi connectivity index (χ1n) is 10.1. The van der Waals surface area contributed by atoms with Gasteiger partial charge in [-0.15, -0.1) is 0 Å². The highest BCUT2D eigenvalue weighted by molar-refractivity contribution is 5.75. The van der Waals surface area contributed by atoms with Crippen LogP contribution >= 0.6 is 0 Å². The van der Waals surface area contributed by atoms with Gasteiger partial charge in [-0.05, 0) is 18.4 Å². The summed E-state index contributed by atoms with van der Waals surface area (Å²) in [6.07, 6.45) is -3.73. The molecule has 166 valence electrons. The van der Waals surface area contributed by atoms with E-state index in [0.29, 0.717) is 12.5 Å². The number of fused-ring (bicyclic) bond motifs is 1.